The average molecular weight is 286 g/mol. The molecule has 1 aromatic rings. The minimum atomic E-state index is -0.344. The second-order valence-corrected chi connectivity index (χ2v) is 6.29. The summed E-state index contributed by atoms with van der Waals surface area (Å²) in [6.45, 7) is 2.22. The lowest BCUT2D eigenvalue weighted by molar-refractivity contribution is 0.0601. The summed E-state index contributed by atoms with van der Waals surface area (Å²) in [5, 5.41) is 4.70. The molecule has 1 saturated heterocycles. The first kappa shape index (κ1) is 13.6. The van der Waals surface area contributed by atoms with Gasteiger partial charge in [-0.15, -0.1) is 0 Å². The lowest BCUT2D eigenvalue weighted by Gasteiger charge is -2.15. The molecule has 0 aromatic heterocycles. The average Bonchev–Trinajstić information content (AvgIpc) is 2.76. The molecule has 98 valence electrons. The molecule has 18 heavy (non-hydrogen) atoms. The molecule has 1 aliphatic rings. The Bertz CT molecular complexity index is 453. The maximum Gasteiger partial charge on any atom is 0.337 e. The van der Waals surface area contributed by atoms with E-state index in [9.17, 15) is 4.79 Å². The lowest BCUT2D eigenvalue weighted by Crippen LogP contribution is -2.19. The number of carbonyl (C=O) groups is 1. The van der Waals surface area contributed by atoms with Gasteiger partial charge in [-0.25, -0.2) is 4.79 Å². The van der Waals surface area contributed by atoms with Crippen molar-refractivity contribution >= 4 is 35.0 Å². The first-order valence-corrected chi connectivity index (χ1v) is 7.29. The molecule has 2 rings (SSSR count). The molecular formula is C13H16ClNO2S. The number of carbonyl (C=O) groups excluding carboxylic acids is 1. The van der Waals surface area contributed by atoms with Crippen molar-refractivity contribution in [2.75, 3.05) is 18.2 Å². The van der Waals surface area contributed by atoms with Crippen molar-refractivity contribution in [2.45, 2.75) is 24.6 Å². The van der Waals surface area contributed by atoms with Gasteiger partial charge in [-0.3, -0.25) is 0 Å². The maximum absolute atomic E-state index is 11.5. The Labute approximate surface area is 116 Å². The highest BCUT2D eigenvalue weighted by atomic mass is 35.5. The van der Waals surface area contributed by atoms with E-state index >= 15 is 0 Å². The number of esters is 1. The fourth-order valence-corrected chi connectivity index (χ4v) is 3.34. The molecule has 0 saturated carbocycles. The van der Waals surface area contributed by atoms with Crippen LogP contribution in [0, 0.1) is 0 Å². The van der Waals surface area contributed by atoms with E-state index in [0.717, 1.165) is 17.9 Å². The number of benzene rings is 1. The Morgan fingerprint density at radius 3 is 2.94 bits per heavy atom. The van der Waals surface area contributed by atoms with Crippen LogP contribution in [0.5, 0.6) is 0 Å². The van der Waals surface area contributed by atoms with Gasteiger partial charge in [-0.2, -0.15) is 11.8 Å². The molecule has 1 N–H and O–H groups in total. The number of methoxy groups -OCH3 is 1. The van der Waals surface area contributed by atoms with Gasteiger partial charge >= 0.3 is 5.97 Å². The summed E-state index contributed by atoms with van der Waals surface area (Å²) < 4.78 is 4.70. The Hall–Kier alpha value is -0.870. The molecule has 0 bridgehead atoms. The van der Waals surface area contributed by atoms with E-state index in [1.807, 2.05) is 11.8 Å². The molecule has 0 aliphatic carbocycles. The van der Waals surface area contributed by atoms with E-state index in [0.29, 0.717) is 21.9 Å². The van der Waals surface area contributed by atoms with Crippen molar-refractivity contribution in [2.24, 2.45) is 0 Å². The number of thioether (sulfide) groups is 1. The van der Waals surface area contributed by atoms with Crippen LogP contribution >= 0.6 is 23.4 Å². The first-order chi connectivity index (χ1) is 8.60. The van der Waals surface area contributed by atoms with E-state index in [-0.39, 0.29) is 5.97 Å². The zero-order valence-electron chi connectivity index (χ0n) is 10.4. The summed E-state index contributed by atoms with van der Waals surface area (Å²) >= 11 is 8.09. The van der Waals surface area contributed by atoms with Gasteiger partial charge in [0.05, 0.1) is 23.4 Å². The first-order valence-electron chi connectivity index (χ1n) is 5.86. The van der Waals surface area contributed by atoms with E-state index in [1.165, 1.54) is 7.11 Å². The van der Waals surface area contributed by atoms with Crippen LogP contribution in [0.3, 0.4) is 0 Å². The summed E-state index contributed by atoms with van der Waals surface area (Å²) in [6, 6.07) is 5.56. The highest BCUT2D eigenvalue weighted by Crippen LogP contribution is 2.31. The SMILES string of the molecule is COC(=O)c1ccc(Cl)c(NC2CSC(C)C2)c1. The fourth-order valence-electron chi connectivity index (χ4n) is 2.02. The topological polar surface area (TPSA) is 38.3 Å². The van der Waals surface area contributed by atoms with Gasteiger partial charge in [0.25, 0.3) is 0 Å². The molecule has 1 aliphatic heterocycles. The van der Waals surface area contributed by atoms with E-state index < -0.39 is 0 Å². The largest absolute Gasteiger partial charge is 0.465 e. The highest BCUT2D eigenvalue weighted by Gasteiger charge is 2.22. The molecule has 0 spiro atoms. The lowest BCUT2D eigenvalue weighted by atomic mass is 10.1. The molecule has 1 aromatic carbocycles. The molecule has 1 fully saturated rings. The summed E-state index contributed by atoms with van der Waals surface area (Å²) in [6.07, 6.45) is 1.11. The zero-order chi connectivity index (χ0) is 13.1. The highest BCUT2D eigenvalue weighted by molar-refractivity contribution is 8.00. The molecule has 0 radical (unpaired) electrons. The molecule has 2 atom stereocenters. The van der Waals surface area contributed by atoms with Crippen molar-refractivity contribution in [1.29, 1.82) is 0 Å². The van der Waals surface area contributed by atoms with Crippen molar-refractivity contribution in [3.05, 3.63) is 28.8 Å². The van der Waals surface area contributed by atoms with Gasteiger partial charge in [0.15, 0.2) is 0 Å². The van der Waals surface area contributed by atoms with Crippen LogP contribution in [0.25, 0.3) is 0 Å². The molecule has 0 amide bonds. The van der Waals surface area contributed by atoms with Crippen molar-refractivity contribution in [3.63, 3.8) is 0 Å². The van der Waals surface area contributed by atoms with Gasteiger partial charge in [0.2, 0.25) is 0 Å². The Morgan fingerprint density at radius 2 is 2.33 bits per heavy atom. The van der Waals surface area contributed by atoms with E-state index in [1.54, 1.807) is 18.2 Å². The van der Waals surface area contributed by atoms with Crippen LogP contribution in [-0.4, -0.2) is 30.1 Å². The van der Waals surface area contributed by atoms with Gasteiger partial charge in [0, 0.05) is 17.0 Å². The van der Waals surface area contributed by atoms with Crippen molar-refractivity contribution < 1.29 is 9.53 Å². The second-order valence-electron chi connectivity index (χ2n) is 4.41. The molecular weight excluding hydrogens is 270 g/mol. The normalized spacial score (nSPS) is 22.8. The van der Waals surface area contributed by atoms with Crippen LogP contribution in [0.2, 0.25) is 5.02 Å². The third kappa shape index (κ3) is 3.12. The summed E-state index contributed by atoms with van der Waals surface area (Å²) in [4.78, 5) is 11.5. The number of hydrogen-bond donors (Lipinski definition) is 1. The van der Waals surface area contributed by atoms with Gasteiger partial charge < -0.3 is 10.1 Å². The fraction of sp³-hybridized carbons (Fsp3) is 0.462. The number of rotatable bonds is 3. The zero-order valence-corrected chi connectivity index (χ0v) is 12.0. The summed E-state index contributed by atoms with van der Waals surface area (Å²) in [7, 11) is 1.37. The standard InChI is InChI=1S/C13H16ClNO2S/c1-8-5-10(7-18-8)15-12-6-9(13(16)17-2)3-4-11(12)14/h3-4,6,8,10,15H,5,7H2,1-2H3. The summed E-state index contributed by atoms with van der Waals surface area (Å²) in [5.74, 6) is 0.726. The van der Waals surface area contributed by atoms with Crippen LogP contribution < -0.4 is 5.32 Å². The Morgan fingerprint density at radius 1 is 1.56 bits per heavy atom. The predicted molar refractivity (Wildman–Crippen MR) is 76.7 cm³/mol. The van der Waals surface area contributed by atoms with E-state index in [4.69, 9.17) is 16.3 Å². The molecule has 2 unspecified atom stereocenters. The number of nitrogens with one attached hydrogen (secondary N) is 1. The number of anilines is 1. The minimum Gasteiger partial charge on any atom is -0.465 e. The number of halogens is 1. The maximum atomic E-state index is 11.5. The summed E-state index contributed by atoms with van der Waals surface area (Å²) in [5.41, 5.74) is 1.32. The van der Waals surface area contributed by atoms with Crippen LogP contribution in [-0.2, 0) is 4.74 Å². The molecule has 3 nitrogen and oxygen atoms in total. The molecule has 1 heterocycles. The second kappa shape index (κ2) is 5.85. The quantitative estimate of drug-likeness (QED) is 0.864. The third-order valence-electron chi connectivity index (χ3n) is 2.95. The van der Waals surface area contributed by atoms with Gasteiger partial charge in [-0.05, 0) is 24.6 Å². The van der Waals surface area contributed by atoms with Crippen molar-refractivity contribution in [1.82, 2.24) is 0 Å². The van der Waals surface area contributed by atoms with Gasteiger partial charge in [0.1, 0.15) is 0 Å². The van der Waals surface area contributed by atoms with Crippen LogP contribution in [0.4, 0.5) is 5.69 Å². The predicted octanol–water partition coefficient (Wildman–Crippen LogP) is 3.43. The smallest absolute Gasteiger partial charge is 0.337 e. The minimum absolute atomic E-state index is 0.344. The van der Waals surface area contributed by atoms with Crippen molar-refractivity contribution in [3.8, 4) is 0 Å². The number of hydrogen-bond acceptors (Lipinski definition) is 4. The molecule has 5 heteroatoms. The van der Waals surface area contributed by atoms with Gasteiger partial charge in [-0.1, -0.05) is 18.5 Å². The Balaban J connectivity index is 2.13. The van der Waals surface area contributed by atoms with Crippen LogP contribution in [0.15, 0.2) is 18.2 Å². The number of ether oxygens (including phenoxy) is 1. The Kier molecular flexibility index (Phi) is 4.40. The third-order valence-corrected chi connectivity index (χ3v) is 4.63. The van der Waals surface area contributed by atoms with Crippen LogP contribution in [0.1, 0.15) is 23.7 Å². The van der Waals surface area contributed by atoms with E-state index in [2.05, 4.69) is 12.2 Å². The monoisotopic (exact) mass is 285 g/mol.